The Kier molecular flexibility index (Phi) is 11.6. The standard InChI is InChI=1S/C33H53N3O6/c1-30(2)13-26(35-22-37)15-32(5,19-30)12-11-28(39)41-17-24-7-9-25(10-8-24)18-42-29(40)34-21-33(6)16-27(36-23-38)14-31(3,4)20-33/h24-27H,7-21H2,1-6H3,(H,34,40). The normalized spacial score (nSPS) is 33.8. The van der Waals surface area contributed by atoms with Crippen LogP contribution >= 0.6 is 0 Å². The Labute approximate surface area is 252 Å². The van der Waals surface area contributed by atoms with Crippen LogP contribution < -0.4 is 5.32 Å². The number of carbonyl (C=O) groups is 2. The summed E-state index contributed by atoms with van der Waals surface area (Å²) in [6.07, 6.45) is 13.1. The van der Waals surface area contributed by atoms with Crippen molar-refractivity contribution in [1.82, 2.24) is 5.32 Å². The summed E-state index contributed by atoms with van der Waals surface area (Å²) in [5, 5.41) is 2.94. The molecule has 3 aliphatic rings. The van der Waals surface area contributed by atoms with Crippen molar-refractivity contribution in [1.29, 1.82) is 0 Å². The van der Waals surface area contributed by atoms with E-state index in [1.807, 2.05) is 0 Å². The third kappa shape index (κ3) is 11.0. The lowest BCUT2D eigenvalue weighted by molar-refractivity contribution is -0.146. The molecule has 0 saturated heterocycles. The van der Waals surface area contributed by atoms with Crippen LogP contribution in [0.15, 0.2) is 9.98 Å². The number of esters is 1. The predicted molar refractivity (Wildman–Crippen MR) is 160 cm³/mol. The number of nitrogens with zero attached hydrogens (tertiary/aromatic N) is 2. The Morgan fingerprint density at radius 3 is 1.74 bits per heavy atom. The van der Waals surface area contributed by atoms with Crippen molar-refractivity contribution in [2.75, 3.05) is 19.8 Å². The third-order valence-corrected chi connectivity index (χ3v) is 9.80. The number of carbonyl (C=O) groups excluding carboxylic acids is 4. The zero-order chi connectivity index (χ0) is 31.0. The lowest BCUT2D eigenvalue weighted by Crippen LogP contribution is -2.45. The number of hydrogen-bond acceptors (Lipinski definition) is 8. The molecular weight excluding hydrogens is 534 g/mol. The van der Waals surface area contributed by atoms with E-state index < -0.39 is 6.09 Å². The average Bonchev–Trinajstić information content (AvgIpc) is 2.87. The second-order valence-electron chi connectivity index (χ2n) is 15.9. The van der Waals surface area contributed by atoms with Crippen molar-refractivity contribution in [3.05, 3.63) is 0 Å². The summed E-state index contributed by atoms with van der Waals surface area (Å²) in [4.78, 5) is 54.6. The second kappa shape index (κ2) is 14.3. The third-order valence-electron chi connectivity index (χ3n) is 9.80. The van der Waals surface area contributed by atoms with E-state index in [2.05, 4.69) is 56.8 Å². The molecule has 0 aromatic heterocycles. The molecule has 3 fully saturated rings. The van der Waals surface area contributed by atoms with Gasteiger partial charge in [0.15, 0.2) is 0 Å². The quantitative estimate of drug-likeness (QED) is 0.163. The van der Waals surface area contributed by atoms with Gasteiger partial charge in [0.2, 0.25) is 12.2 Å². The van der Waals surface area contributed by atoms with Crippen molar-refractivity contribution < 1.29 is 28.7 Å². The smallest absolute Gasteiger partial charge is 0.407 e. The van der Waals surface area contributed by atoms with Gasteiger partial charge in [-0.25, -0.2) is 24.4 Å². The molecule has 236 valence electrons. The highest BCUT2D eigenvalue weighted by Gasteiger charge is 2.42. The number of rotatable bonds is 11. The fourth-order valence-corrected chi connectivity index (χ4v) is 8.60. The number of hydrogen-bond donors (Lipinski definition) is 1. The van der Waals surface area contributed by atoms with E-state index in [9.17, 15) is 19.2 Å². The maximum absolute atomic E-state index is 12.6. The van der Waals surface area contributed by atoms with Gasteiger partial charge in [-0.1, -0.05) is 41.5 Å². The molecule has 0 bridgehead atoms. The van der Waals surface area contributed by atoms with Gasteiger partial charge in [-0.05, 0) is 104 Å². The Morgan fingerprint density at radius 1 is 0.738 bits per heavy atom. The molecule has 4 atom stereocenters. The van der Waals surface area contributed by atoms with Crippen LogP contribution in [0.1, 0.15) is 119 Å². The Bertz CT molecular complexity index is 956. The van der Waals surface area contributed by atoms with Gasteiger partial charge in [-0.15, -0.1) is 0 Å². The monoisotopic (exact) mass is 587 g/mol. The van der Waals surface area contributed by atoms with Crippen LogP contribution in [-0.4, -0.2) is 56.1 Å². The van der Waals surface area contributed by atoms with Crippen LogP contribution in [0.4, 0.5) is 4.79 Å². The van der Waals surface area contributed by atoms with Gasteiger partial charge >= 0.3 is 12.1 Å². The van der Waals surface area contributed by atoms with Gasteiger partial charge < -0.3 is 14.8 Å². The molecule has 1 amide bonds. The summed E-state index contributed by atoms with van der Waals surface area (Å²) >= 11 is 0. The van der Waals surface area contributed by atoms with E-state index >= 15 is 0 Å². The van der Waals surface area contributed by atoms with Crippen LogP contribution in [-0.2, 0) is 23.9 Å². The summed E-state index contributed by atoms with van der Waals surface area (Å²) in [6, 6.07) is -0.0874. The molecule has 42 heavy (non-hydrogen) atoms. The second-order valence-corrected chi connectivity index (χ2v) is 15.9. The van der Waals surface area contributed by atoms with E-state index in [-0.39, 0.29) is 39.7 Å². The Hall–Kier alpha value is -2.50. The zero-order valence-corrected chi connectivity index (χ0v) is 26.8. The van der Waals surface area contributed by atoms with E-state index in [4.69, 9.17) is 9.47 Å². The average molecular weight is 588 g/mol. The molecule has 3 saturated carbocycles. The molecule has 9 nitrogen and oxygen atoms in total. The van der Waals surface area contributed by atoms with Crippen molar-refractivity contribution in [2.24, 2.45) is 43.5 Å². The zero-order valence-electron chi connectivity index (χ0n) is 26.8. The molecule has 4 unspecified atom stereocenters. The molecule has 3 aliphatic carbocycles. The Balaban J connectivity index is 1.31. The van der Waals surface area contributed by atoms with E-state index in [0.29, 0.717) is 38.0 Å². The molecule has 0 spiro atoms. The van der Waals surface area contributed by atoms with Crippen LogP contribution in [0.5, 0.6) is 0 Å². The molecule has 3 rings (SSSR count). The first-order valence-corrected chi connectivity index (χ1v) is 15.8. The number of ether oxygens (including phenoxy) is 2. The first kappa shape index (κ1) is 34.0. The predicted octanol–water partition coefficient (Wildman–Crippen LogP) is 6.68. The number of alkyl carbamates (subject to hydrolysis) is 1. The molecule has 9 heteroatoms. The molecule has 0 aromatic carbocycles. The summed E-state index contributed by atoms with van der Waals surface area (Å²) in [5.41, 5.74) is -0.0851. The highest BCUT2D eigenvalue weighted by Crippen LogP contribution is 2.49. The number of nitrogens with one attached hydrogen (secondary N) is 1. The van der Waals surface area contributed by atoms with E-state index in [1.54, 1.807) is 12.2 Å². The van der Waals surface area contributed by atoms with Gasteiger partial charge in [0.1, 0.15) is 0 Å². The minimum atomic E-state index is -0.398. The molecule has 1 N–H and O–H groups in total. The minimum Gasteiger partial charge on any atom is -0.465 e. The van der Waals surface area contributed by atoms with Crippen LogP contribution in [0.25, 0.3) is 0 Å². The van der Waals surface area contributed by atoms with Crippen LogP contribution in [0, 0.1) is 33.5 Å². The maximum atomic E-state index is 12.6. The van der Waals surface area contributed by atoms with Gasteiger partial charge in [-0.3, -0.25) is 4.79 Å². The van der Waals surface area contributed by atoms with Gasteiger partial charge in [0.05, 0.1) is 25.3 Å². The van der Waals surface area contributed by atoms with E-state index in [0.717, 1.165) is 70.6 Å². The van der Waals surface area contributed by atoms with Gasteiger partial charge in [0.25, 0.3) is 0 Å². The first-order chi connectivity index (χ1) is 19.6. The van der Waals surface area contributed by atoms with Crippen molar-refractivity contribution in [2.45, 2.75) is 131 Å². The fraction of sp³-hybridized carbons (Fsp3) is 0.879. The Morgan fingerprint density at radius 2 is 1.21 bits per heavy atom. The summed E-state index contributed by atoms with van der Waals surface area (Å²) in [5.74, 6) is 0.498. The van der Waals surface area contributed by atoms with Gasteiger partial charge in [-0.2, -0.15) is 0 Å². The summed E-state index contributed by atoms with van der Waals surface area (Å²) in [6.45, 7) is 14.4. The maximum Gasteiger partial charge on any atom is 0.407 e. The number of isocyanates is 2. The SMILES string of the molecule is CC1(C)CC(N=C=O)CC(C)(CCC(=O)OCC2CCC(COC(=O)NCC3(C)CC(N=C=O)CC(C)(C)C3)CC2)C1. The fourth-order valence-electron chi connectivity index (χ4n) is 8.60. The van der Waals surface area contributed by atoms with Crippen molar-refractivity contribution >= 4 is 24.2 Å². The molecule has 0 aromatic rings. The highest BCUT2D eigenvalue weighted by atomic mass is 16.5. The lowest BCUT2D eigenvalue weighted by atomic mass is 9.61. The number of aliphatic imine (C=N–C) groups is 2. The molecule has 0 radical (unpaired) electrons. The first-order valence-electron chi connectivity index (χ1n) is 15.8. The summed E-state index contributed by atoms with van der Waals surface area (Å²) < 4.78 is 11.2. The summed E-state index contributed by atoms with van der Waals surface area (Å²) in [7, 11) is 0. The number of amides is 1. The lowest BCUT2D eigenvalue weighted by Gasteiger charge is -2.45. The van der Waals surface area contributed by atoms with Crippen LogP contribution in [0.2, 0.25) is 0 Å². The minimum absolute atomic E-state index is 0.0257. The molecule has 0 aliphatic heterocycles. The van der Waals surface area contributed by atoms with Gasteiger partial charge in [0, 0.05) is 13.0 Å². The highest BCUT2D eigenvalue weighted by molar-refractivity contribution is 5.69. The molecule has 0 heterocycles. The van der Waals surface area contributed by atoms with Crippen molar-refractivity contribution in [3.63, 3.8) is 0 Å². The molecular formula is C33H53N3O6. The topological polar surface area (TPSA) is 123 Å². The van der Waals surface area contributed by atoms with E-state index in [1.165, 1.54) is 0 Å². The largest absolute Gasteiger partial charge is 0.465 e. The van der Waals surface area contributed by atoms with Crippen molar-refractivity contribution in [3.8, 4) is 0 Å². The van der Waals surface area contributed by atoms with Crippen LogP contribution in [0.3, 0.4) is 0 Å².